The Morgan fingerprint density at radius 3 is 3.14 bits per heavy atom. The van der Waals surface area contributed by atoms with Crippen molar-refractivity contribution in [2.24, 2.45) is 4.99 Å². The largest absolute Gasteiger partial charge is 0.461 e. The second-order valence-corrected chi connectivity index (χ2v) is 3.20. The molecule has 1 aromatic heterocycles. The molecule has 0 aliphatic heterocycles. The summed E-state index contributed by atoms with van der Waals surface area (Å²) >= 11 is 1.08. The lowest BCUT2D eigenvalue weighted by Gasteiger charge is -1.97. The molecule has 7 heteroatoms. The van der Waals surface area contributed by atoms with Crippen molar-refractivity contribution < 1.29 is 19.5 Å². The number of thiazole rings is 1. The van der Waals surface area contributed by atoms with Crippen molar-refractivity contribution >= 4 is 23.7 Å². The first-order valence-corrected chi connectivity index (χ1v) is 4.52. The molecule has 0 fully saturated rings. The van der Waals surface area contributed by atoms with Gasteiger partial charge in [-0.2, -0.15) is 9.72 Å². The van der Waals surface area contributed by atoms with E-state index in [1.165, 1.54) is 6.92 Å². The molecule has 6 nitrogen and oxygen atoms in total. The fraction of sp³-hybridized carbons (Fsp3) is 0.286. The number of carbonyl (C=O) groups is 2. The Kier molecular flexibility index (Phi) is 3.41. The minimum absolute atomic E-state index is 0.0517. The molecule has 0 atom stereocenters. The molecule has 1 amide bonds. The zero-order valence-electron chi connectivity index (χ0n) is 7.34. The van der Waals surface area contributed by atoms with Crippen molar-refractivity contribution in [3.8, 4) is 0 Å². The summed E-state index contributed by atoms with van der Waals surface area (Å²) in [6.45, 7) is 1.50. The summed E-state index contributed by atoms with van der Waals surface area (Å²) in [6, 6.07) is 0. The highest BCUT2D eigenvalue weighted by Crippen LogP contribution is 2.00. The van der Waals surface area contributed by atoms with E-state index in [4.69, 9.17) is 0 Å². The monoisotopic (exact) mass is 216 g/mol. The van der Waals surface area contributed by atoms with Crippen molar-refractivity contribution in [3.05, 3.63) is 15.9 Å². The van der Waals surface area contributed by atoms with Gasteiger partial charge in [0.25, 0.3) is 6.47 Å². The van der Waals surface area contributed by atoms with Crippen LogP contribution in [0.4, 0.5) is 0 Å². The molecular weight excluding hydrogens is 208 g/mol. The predicted octanol–water partition coefficient (Wildman–Crippen LogP) is -0.0929. The van der Waals surface area contributed by atoms with Gasteiger partial charge in [0.15, 0.2) is 0 Å². The topological polar surface area (TPSA) is 80.9 Å². The van der Waals surface area contributed by atoms with Crippen LogP contribution in [0.15, 0.2) is 10.4 Å². The van der Waals surface area contributed by atoms with Gasteiger partial charge in [-0.15, -0.1) is 11.3 Å². The highest BCUT2D eigenvalue weighted by atomic mass is 32.1. The second kappa shape index (κ2) is 4.56. The van der Waals surface area contributed by atoms with Gasteiger partial charge in [-0.3, -0.25) is 9.59 Å². The third-order valence-corrected chi connectivity index (χ3v) is 2.17. The van der Waals surface area contributed by atoms with E-state index in [0.29, 0.717) is 5.69 Å². The number of hydrogen-bond donors (Lipinski definition) is 1. The fourth-order valence-electron chi connectivity index (χ4n) is 0.766. The Morgan fingerprint density at radius 2 is 2.57 bits per heavy atom. The first-order valence-electron chi connectivity index (χ1n) is 3.64. The Balaban J connectivity index is 2.96. The molecule has 0 spiro atoms. The van der Waals surface area contributed by atoms with Crippen LogP contribution < -0.4 is 4.80 Å². The third-order valence-electron chi connectivity index (χ3n) is 1.31. The van der Waals surface area contributed by atoms with E-state index in [1.54, 1.807) is 5.38 Å². The molecule has 0 aliphatic rings. The number of hydrogen-bond acceptors (Lipinski definition) is 5. The van der Waals surface area contributed by atoms with Gasteiger partial charge < -0.3 is 9.94 Å². The second-order valence-electron chi connectivity index (χ2n) is 2.36. The molecule has 0 saturated carbocycles. The van der Waals surface area contributed by atoms with E-state index in [-0.39, 0.29) is 17.9 Å². The van der Waals surface area contributed by atoms with Crippen LogP contribution in [0.1, 0.15) is 12.6 Å². The standard InChI is InChI=1S/C7H8N2O4S/c1-5(11)8-7-9(12)6(3-14-7)2-13-4-10/h3-4,12H,2H2,1H3. The molecule has 0 aromatic carbocycles. The molecular formula is C7H8N2O4S. The van der Waals surface area contributed by atoms with Crippen molar-refractivity contribution in [2.75, 3.05) is 0 Å². The smallest absolute Gasteiger partial charge is 0.293 e. The summed E-state index contributed by atoms with van der Waals surface area (Å²) in [5, 5.41) is 10.9. The summed E-state index contributed by atoms with van der Waals surface area (Å²) in [5.74, 6) is -0.405. The predicted molar refractivity (Wildman–Crippen MR) is 46.6 cm³/mol. The summed E-state index contributed by atoms with van der Waals surface area (Å²) in [6.07, 6.45) is 0. The summed E-state index contributed by atoms with van der Waals surface area (Å²) in [4.78, 5) is 24.2. The zero-order valence-corrected chi connectivity index (χ0v) is 8.15. The minimum Gasteiger partial charge on any atom is -0.461 e. The molecule has 1 aromatic rings. The van der Waals surface area contributed by atoms with Gasteiger partial charge in [-0.1, -0.05) is 0 Å². The molecule has 1 heterocycles. The molecule has 0 unspecified atom stereocenters. The van der Waals surface area contributed by atoms with E-state index in [1.807, 2.05) is 0 Å². The van der Waals surface area contributed by atoms with E-state index in [2.05, 4.69) is 9.73 Å². The lowest BCUT2D eigenvalue weighted by atomic mass is 10.5. The van der Waals surface area contributed by atoms with Crippen LogP contribution in [0, 0.1) is 0 Å². The van der Waals surface area contributed by atoms with Crippen molar-refractivity contribution in [1.82, 2.24) is 4.73 Å². The van der Waals surface area contributed by atoms with E-state index >= 15 is 0 Å². The highest BCUT2D eigenvalue weighted by Gasteiger charge is 2.04. The van der Waals surface area contributed by atoms with Gasteiger partial charge in [0.05, 0.1) is 0 Å². The van der Waals surface area contributed by atoms with Crippen LogP contribution in [0.3, 0.4) is 0 Å². The Bertz CT molecular complexity index is 406. The summed E-state index contributed by atoms with van der Waals surface area (Å²) in [7, 11) is 0. The van der Waals surface area contributed by atoms with Crippen LogP contribution in [0.5, 0.6) is 0 Å². The highest BCUT2D eigenvalue weighted by molar-refractivity contribution is 7.07. The Hall–Kier alpha value is -1.63. The molecule has 0 aliphatic carbocycles. The molecule has 1 N–H and O–H groups in total. The van der Waals surface area contributed by atoms with Crippen LogP contribution >= 0.6 is 11.3 Å². The summed E-state index contributed by atoms with van der Waals surface area (Å²) in [5.41, 5.74) is 0.363. The van der Waals surface area contributed by atoms with Gasteiger partial charge in [-0.25, -0.2) is 0 Å². The lowest BCUT2D eigenvalue weighted by molar-refractivity contribution is -0.130. The van der Waals surface area contributed by atoms with Crippen molar-refractivity contribution in [1.29, 1.82) is 0 Å². The van der Waals surface area contributed by atoms with E-state index in [9.17, 15) is 14.8 Å². The maximum Gasteiger partial charge on any atom is 0.293 e. The molecule has 0 radical (unpaired) electrons. The molecule has 14 heavy (non-hydrogen) atoms. The molecule has 76 valence electrons. The maximum atomic E-state index is 10.6. The molecule has 0 saturated heterocycles. The number of carbonyl (C=O) groups excluding carboxylic acids is 2. The van der Waals surface area contributed by atoms with E-state index < -0.39 is 5.91 Å². The molecule has 1 rings (SSSR count). The Morgan fingerprint density at radius 1 is 1.86 bits per heavy atom. The average Bonchev–Trinajstić information content (AvgIpc) is 2.45. The van der Waals surface area contributed by atoms with Crippen molar-refractivity contribution in [2.45, 2.75) is 13.5 Å². The Labute approximate surface area is 83.0 Å². The van der Waals surface area contributed by atoms with Crippen LogP contribution in [0.2, 0.25) is 0 Å². The van der Waals surface area contributed by atoms with Crippen LogP contribution in [-0.4, -0.2) is 22.3 Å². The number of rotatable bonds is 3. The first kappa shape index (κ1) is 10.5. The number of amides is 1. The number of aromatic nitrogens is 1. The van der Waals surface area contributed by atoms with Gasteiger partial charge in [0, 0.05) is 12.3 Å². The normalized spacial score (nSPS) is 11.4. The fourth-order valence-corrected chi connectivity index (χ4v) is 1.57. The summed E-state index contributed by atoms with van der Waals surface area (Å²) < 4.78 is 5.16. The minimum atomic E-state index is -0.405. The van der Waals surface area contributed by atoms with Crippen molar-refractivity contribution in [3.63, 3.8) is 0 Å². The lowest BCUT2D eigenvalue weighted by Crippen LogP contribution is -2.16. The third kappa shape index (κ3) is 2.43. The van der Waals surface area contributed by atoms with Gasteiger partial charge in [0.2, 0.25) is 10.7 Å². The SMILES string of the molecule is CC(=O)N=c1scc(COC=O)n1O. The van der Waals surface area contributed by atoms with Gasteiger partial charge in [0.1, 0.15) is 12.3 Å². The molecule has 0 bridgehead atoms. The average molecular weight is 216 g/mol. The van der Waals surface area contributed by atoms with Gasteiger partial charge >= 0.3 is 0 Å². The van der Waals surface area contributed by atoms with Gasteiger partial charge in [-0.05, 0) is 0 Å². The quantitative estimate of drug-likeness (QED) is 0.565. The number of nitrogens with zero attached hydrogens (tertiary/aromatic N) is 2. The zero-order chi connectivity index (χ0) is 10.6. The van der Waals surface area contributed by atoms with Crippen LogP contribution in [0.25, 0.3) is 0 Å². The maximum absolute atomic E-state index is 10.6. The van der Waals surface area contributed by atoms with E-state index in [0.717, 1.165) is 16.1 Å². The number of ether oxygens (including phenoxy) is 1. The van der Waals surface area contributed by atoms with Crippen LogP contribution in [-0.2, 0) is 20.9 Å². The first-order chi connectivity index (χ1) is 6.65.